The van der Waals surface area contributed by atoms with Gasteiger partial charge >= 0.3 is 0 Å². The second-order valence-corrected chi connectivity index (χ2v) is 11.7. The van der Waals surface area contributed by atoms with Crippen molar-refractivity contribution in [3.8, 4) is 0 Å². The zero-order chi connectivity index (χ0) is 28.6. The number of nitrogens with zero attached hydrogens (tertiary/aromatic N) is 2. The molecule has 208 valence electrons. The molecule has 3 aromatic rings. The number of halogens is 1. The van der Waals surface area contributed by atoms with Gasteiger partial charge < -0.3 is 10.2 Å². The summed E-state index contributed by atoms with van der Waals surface area (Å²) in [7, 11) is -4.09. The number of amides is 2. The van der Waals surface area contributed by atoms with Crippen LogP contribution in [0.2, 0.25) is 5.02 Å². The SMILES string of the molecule is CCc1ccccc1N(CC(=O)N(Cc1ccc(Cl)cc1)[C@@H](C)C(=O)N[C@H](C)CC)S(=O)(=O)c1ccccc1. The number of hydrogen-bond donors (Lipinski definition) is 1. The molecule has 0 saturated carbocycles. The summed E-state index contributed by atoms with van der Waals surface area (Å²) in [6.07, 6.45) is 1.31. The van der Waals surface area contributed by atoms with Crippen LogP contribution in [0.15, 0.2) is 83.8 Å². The number of aryl methyl sites for hydroxylation is 1. The van der Waals surface area contributed by atoms with E-state index in [1.54, 1.807) is 61.5 Å². The minimum Gasteiger partial charge on any atom is -0.352 e. The van der Waals surface area contributed by atoms with Crippen LogP contribution >= 0.6 is 11.6 Å². The monoisotopic (exact) mass is 569 g/mol. The van der Waals surface area contributed by atoms with Gasteiger partial charge in [0.15, 0.2) is 0 Å². The molecule has 0 bridgehead atoms. The number of carbonyl (C=O) groups is 2. The number of rotatable bonds is 12. The van der Waals surface area contributed by atoms with Gasteiger partial charge in [0.2, 0.25) is 11.8 Å². The number of para-hydroxylation sites is 1. The molecule has 0 aromatic heterocycles. The van der Waals surface area contributed by atoms with E-state index >= 15 is 0 Å². The van der Waals surface area contributed by atoms with E-state index in [2.05, 4.69) is 5.32 Å². The second-order valence-electron chi connectivity index (χ2n) is 9.45. The summed E-state index contributed by atoms with van der Waals surface area (Å²) in [5.74, 6) is -0.805. The summed E-state index contributed by atoms with van der Waals surface area (Å²) < 4.78 is 29.0. The summed E-state index contributed by atoms with van der Waals surface area (Å²) in [4.78, 5) is 28.6. The van der Waals surface area contributed by atoms with Gasteiger partial charge in [-0.2, -0.15) is 0 Å². The van der Waals surface area contributed by atoms with Crippen LogP contribution in [0.1, 0.15) is 45.2 Å². The first-order chi connectivity index (χ1) is 18.6. The molecular formula is C30H36ClN3O4S. The third kappa shape index (κ3) is 7.61. The van der Waals surface area contributed by atoms with Crippen LogP contribution in [0.5, 0.6) is 0 Å². The Morgan fingerprint density at radius 2 is 1.51 bits per heavy atom. The average molecular weight is 570 g/mol. The van der Waals surface area contributed by atoms with Crippen molar-refractivity contribution in [1.29, 1.82) is 0 Å². The fourth-order valence-electron chi connectivity index (χ4n) is 4.12. The average Bonchev–Trinajstić information content (AvgIpc) is 2.95. The van der Waals surface area contributed by atoms with Crippen LogP contribution in [0.3, 0.4) is 0 Å². The van der Waals surface area contributed by atoms with E-state index in [0.29, 0.717) is 17.1 Å². The van der Waals surface area contributed by atoms with Crippen molar-refractivity contribution >= 4 is 39.1 Å². The third-order valence-corrected chi connectivity index (χ3v) is 8.71. The Labute approximate surface area is 236 Å². The molecule has 0 aliphatic heterocycles. The maximum absolute atomic E-state index is 14.0. The number of sulfonamides is 1. The predicted octanol–water partition coefficient (Wildman–Crippen LogP) is 5.43. The second kappa shape index (κ2) is 13.6. The first-order valence-corrected chi connectivity index (χ1v) is 14.9. The van der Waals surface area contributed by atoms with Crippen LogP contribution in [-0.4, -0.2) is 43.8 Å². The number of hydrogen-bond acceptors (Lipinski definition) is 4. The van der Waals surface area contributed by atoms with Crippen LogP contribution in [0.4, 0.5) is 5.69 Å². The largest absolute Gasteiger partial charge is 0.352 e. The van der Waals surface area contributed by atoms with Gasteiger partial charge in [0.1, 0.15) is 12.6 Å². The minimum absolute atomic E-state index is 0.0705. The van der Waals surface area contributed by atoms with E-state index in [9.17, 15) is 18.0 Å². The van der Waals surface area contributed by atoms with Crippen LogP contribution < -0.4 is 9.62 Å². The maximum Gasteiger partial charge on any atom is 0.264 e. The molecule has 3 rings (SSSR count). The highest BCUT2D eigenvalue weighted by Gasteiger charge is 2.33. The summed E-state index contributed by atoms with van der Waals surface area (Å²) in [5.41, 5.74) is 1.99. The molecule has 1 N–H and O–H groups in total. The van der Waals surface area contributed by atoms with Crippen molar-refractivity contribution in [2.24, 2.45) is 0 Å². The van der Waals surface area contributed by atoms with E-state index in [0.717, 1.165) is 21.9 Å². The van der Waals surface area contributed by atoms with E-state index in [-0.39, 0.29) is 23.4 Å². The van der Waals surface area contributed by atoms with Crippen LogP contribution in [0, 0.1) is 0 Å². The number of benzene rings is 3. The van der Waals surface area contributed by atoms with Crippen molar-refractivity contribution in [2.75, 3.05) is 10.8 Å². The molecule has 9 heteroatoms. The van der Waals surface area contributed by atoms with Gasteiger partial charge in [-0.3, -0.25) is 13.9 Å². The summed E-state index contributed by atoms with van der Waals surface area (Å²) >= 11 is 6.05. The van der Waals surface area contributed by atoms with E-state index in [1.165, 1.54) is 17.0 Å². The van der Waals surface area contributed by atoms with Crippen molar-refractivity contribution in [1.82, 2.24) is 10.2 Å². The number of carbonyl (C=O) groups excluding carboxylic acids is 2. The highest BCUT2D eigenvalue weighted by atomic mass is 35.5. The van der Waals surface area contributed by atoms with E-state index in [1.807, 2.05) is 32.9 Å². The molecule has 0 unspecified atom stereocenters. The van der Waals surface area contributed by atoms with E-state index < -0.39 is 28.5 Å². The number of nitrogens with one attached hydrogen (secondary N) is 1. The third-order valence-electron chi connectivity index (χ3n) is 6.69. The molecule has 0 radical (unpaired) electrons. The van der Waals surface area contributed by atoms with Gasteiger partial charge in [-0.05, 0) is 68.1 Å². The fourth-order valence-corrected chi connectivity index (χ4v) is 5.72. The Balaban J connectivity index is 2.04. The summed E-state index contributed by atoms with van der Waals surface area (Å²) in [5, 5.41) is 3.48. The van der Waals surface area contributed by atoms with Crippen molar-refractivity contribution in [3.63, 3.8) is 0 Å². The van der Waals surface area contributed by atoms with Gasteiger partial charge in [-0.15, -0.1) is 0 Å². The topological polar surface area (TPSA) is 86.8 Å². The highest BCUT2D eigenvalue weighted by Crippen LogP contribution is 2.28. The summed E-state index contributed by atoms with van der Waals surface area (Å²) in [6.45, 7) is 7.09. The molecule has 2 amide bonds. The normalized spacial score (nSPS) is 12.8. The molecule has 2 atom stereocenters. The zero-order valence-corrected chi connectivity index (χ0v) is 24.4. The Bertz CT molecular complexity index is 1360. The smallest absolute Gasteiger partial charge is 0.264 e. The van der Waals surface area contributed by atoms with Gasteiger partial charge in [-0.1, -0.05) is 74.0 Å². The lowest BCUT2D eigenvalue weighted by molar-refractivity contribution is -0.139. The van der Waals surface area contributed by atoms with Crippen molar-refractivity contribution in [3.05, 3.63) is 95.0 Å². The number of anilines is 1. The Kier molecular flexibility index (Phi) is 10.5. The molecule has 0 saturated heterocycles. The molecule has 0 aliphatic carbocycles. The van der Waals surface area contributed by atoms with Crippen molar-refractivity contribution in [2.45, 2.75) is 64.1 Å². The molecule has 39 heavy (non-hydrogen) atoms. The lowest BCUT2D eigenvalue weighted by atomic mass is 10.1. The van der Waals surface area contributed by atoms with Gasteiger partial charge in [0, 0.05) is 17.6 Å². The quantitative estimate of drug-likeness (QED) is 0.315. The lowest BCUT2D eigenvalue weighted by Gasteiger charge is -2.33. The molecule has 7 nitrogen and oxygen atoms in total. The Morgan fingerprint density at radius 1 is 0.897 bits per heavy atom. The predicted molar refractivity (Wildman–Crippen MR) is 156 cm³/mol. The lowest BCUT2D eigenvalue weighted by Crippen LogP contribution is -2.52. The maximum atomic E-state index is 14.0. The van der Waals surface area contributed by atoms with E-state index in [4.69, 9.17) is 11.6 Å². The zero-order valence-electron chi connectivity index (χ0n) is 22.8. The van der Waals surface area contributed by atoms with Crippen LogP contribution in [-0.2, 0) is 32.6 Å². The summed E-state index contributed by atoms with van der Waals surface area (Å²) in [6, 6.07) is 21.3. The molecule has 0 fully saturated rings. The molecule has 0 spiro atoms. The first kappa shape index (κ1) is 30.2. The molecule has 0 heterocycles. The van der Waals surface area contributed by atoms with Crippen molar-refractivity contribution < 1.29 is 18.0 Å². The minimum atomic E-state index is -4.09. The van der Waals surface area contributed by atoms with Crippen LogP contribution in [0.25, 0.3) is 0 Å². The Morgan fingerprint density at radius 3 is 2.13 bits per heavy atom. The molecule has 0 aliphatic rings. The molecule has 3 aromatic carbocycles. The van der Waals surface area contributed by atoms with Gasteiger partial charge in [-0.25, -0.2) is 8.42 Å². The first-order valence-electron chi connectivity index (χ1n) is 13.1. The standard InChI is InChI=1S/C30H36ClN3O4S/c1-5-22(3)32-30(36)23(4)33(20-24-16-18-26(31)19-17-24)29(35)21-34(28-15-11-10-12-25(28)6-2)39(37,38)27-13-8-7-9-14-27/h7-19,22-23H,5-6,20-21H2,1-4H3,(H,32,36)/t22-,23+/m1/s1. The molecular weight excluding hydrogens is 534 g/mol. The van der Waals surface area contributed by atoms with Gasteiger partial charge in [0.25, 0.3) is 10.0 Å². The van der Waals surface area contributed by atoms with Gasteiger partial charge in [0.05, 0.1) is 10.6 Å². The highest BCUT2D eigenvalue weighted by molar-refractivity contribution is 7.92. The Hall–Kier alpha value is -3.36. The fraction of sp³-hybridized carbons (Fsp3) is 0.333.